The Hall–Kier alpha value is -1.81. The van der Waals surface area contributed by atoms with Crippen molar-refractivity contribution in [2.45, 2.75) is 23.9 Å². The number of rotatable bonds is 4. The molecular weight excluding hydrogens is 361 g/mol. The number of ether oxygens (including phenoxy) is 1. The molecular formula is C15H19F3N2O4S. The van der Waals surface area contributed by atoms with Crippen molar-refractivity contribution in [3.8, 4) is 0 Å². The summed E-state index contributed by atoms with van der Waals surface area (Å²) in [4.78, 5) is 12.5. The fraction of sp³-hybridized carbons (Fsp3) is 0.533. The van der Waals surface area contributed by atoms with E-state index < -0.39 is 32.8 Å². The molecule has 1 heterocycles. The summed E-state index contributed by atoms with van der Waals surface area (Å²) < 4.78 is 69.5. The van der Waals surface area contributed by atoms with Crippen LogP contribution in [0.15, 0.2) is 29.2 Å². The molecule has 0 atom stereocenters. The van der Waals surface area contributed by atoms with Crippen LogP contribution in [-0.2, 0) is 20.9 Å². The van der Waals surface area contributed by atoms with E-state index in [1.165, 1.54) is 12.0 Å². The Balaban J connectivity index is 1.96. The normalized spacial score (nSPS) is 16.7. The Bertz CT molecular complexity index is 714. The Morgan fingerprint density at radius 1 is 1.32 bits per heavy atom. The van der Waals surface area contributed by atoms with Crippen LogP contribution in [0.4, 0.5) is 18.0 Å². The van der Waals surface area contributed by atoms with Crippen LogP contribution in [0.1, 0.15) is 18.4 Å². The van der Waals surface area contributed by atoms with Crippen molar-refractivity contribution in [3.05, 3.63) is 29.8 Å². The van der Waals surface area contributed by atoms with E-state index in [9.17, 15) is 26.4 Å². The monoisotopic (exact) mass is 380 g/mol. The lowest BCUT2D eigenvalue weighted by Gasteiger charge is -2.30. The lowest BCUT2D eigenvalue weighted by Crippen LogP contribution is -2.41. The van der Waals surface area contributed by atoms with Crippen molar-refractivity contribution in [1.29, 1.82) is 0 Å². The number of sulfonamides is 1. The summed E-state index contributed by atoms with van der Waals surface area (Å²) in [7, 11) is -2.74. The van der Waals surface area contributed by atoms with Gasteiger partial charge in [-0.2, -0.15) is 13.2 Å². The first-order chi connectivity index (χ1) is 11.6. The first-order valence-electron chi connectivity index (χ1n) is 7.63. The second-order valence-electron chi connectivity index (χ2n) is 5.78. The SMILES string of the molecule is COC(=O)N1CCC(CNS(=O)(=O)c2cccc(C(F)(F)F)c2)CC1. The van der Waals surface area contributed by atoms with Gasteiger partial charge >= 0.3 is 12.3 Å². The first kappa shape index (κ1) is 19.5. The Labute approximate surface area is 144 Å². The van der Waals surface area contributed by atoms with Crippen LogP contribution in [0.25, 0.3) is 0 Å². The van der Waals surface area contributed by atoms with Gasteiger partial charge in [-0.15, -0.1) is 0 Å². The summed E-state index contributed by atoms with van der Waals surface area (Å²) in [5, 5.41) is 0. The molecule has 1 aromatic carbocycles. The minimum Gasteiger partial charge on any atom is -0.453 e. The first-order valence-corrected chi connectivity index (χ1v) is 9.11. The van der Waals surface area contributed by atoms with Crippen molar-refractivity contribution in [2.75, 3.05) is 26.7 Å². The summed E-state index contributed by atoms with van der Waals surface area (Å²) in [6.45, 7) is 0.999. The zero-order chi connectivity index (χ0) is 18.7. The highest BCUT2D eigenvalue weighted by Crippen LogP contribution is 2.30. The Morgan fingerprint density at radius 3 is 2.52 bits per heavy atom. The van der Waals surface area contributed by atoms with Crippen LogP contribution in [0.5, 0.6) is 0 Å². The molecule has 6 nitrogen and oxygen atoms in total. The van der Waals surface area contributed by atoms with Crippen molar-refractivity contribution in [1.82, 2.24) is 9.62 Å². The smallest absolute Gasteiger partial charge is 0.416 e. The Kier molecular flexibility index (Phi) is 5.94. The van der Waals surface area contributed by atoms with E-state index >= 15 is 0 Å². The molecule has 0 bridgehead atoms. The highest BCUT2D eigenvalue weighted by molar-refractivity contribution is 7.89. The van der Waals surface area contributed by atoms with E-state index in [2.05, 4.69) is 9.46 Å². The molecule has 1 fully saturated rings. The van der Waals surface area contributed by atoms with Crippen LogP contribution in [0.2, 0.25) is 0 Å². The molecule has 1 N–H and O–H groups in total. The third-order valence-corrected chi connectivity index (χ3v) is 5.50. The standard InChI is InChI=1S/C15H19F3N2O4S/c1-24-14(21)20-7-5-11(6-8-20)10-19-25(22,23)13-4-2-3-12(9-13)15(16,17)18/h2-4,9,11,19H,5-8,10H2,1H3. The summed E-state index contributed by atoms with van der Waals surface area (Å²) in [6, 6.07) is 3.62. The van der Waals surface area contributed by atoms with Crippen molar-refractivity contribution in [3.63, 3.8) is 0 Å². The van der Waals surface area contributed by atoms with Gasteiger partial charge in [0, 0.05) is 19.6 Å². The average molecular weight is 380 g/mol. The molecule has 0 radical (unpaired) electrons. The predicted molar refractivity (Wildman–Crippen MR) is 83.3 cm³/mol. The number of hydrogen-bond donors (Lipinski definition) is 1. The van der Waals surface area contributed by atoms with Crippen molar-refractivity contribution < 1.29 is 31.1 Å². The van der Waals surface area contributed by atoms with Gasteiger partial charge in [0.15, 0.2) is 0 Å². The summed E-state index contributed by atoms with van der Waals surface area (Å²) in [5.41, 5.74) is -1.01. The maximum absolute atomic E-state index is 12.7. The van der Waals surface area contributed by atoms with Gasteiger partial charge in [-0.3, -0.25) is 0 Å². The number of nitrogens with one attached hydrogen (secondary N) is 1. The molecule has 1 aromatic rings. The number of methoxy groups -OCH3 is 1. The minimum absolute atomic E-state index is 0.00137. The third kappa shape index (κ3) is 5.08. The van der Waals surface area contributed by atoms with Crippen molar-refractivity contribution in [2.24, 2.45) is 5.92 Å². The molecule has 10 heteroatoms. The summed E-state index contributed by atoms with van der Waals surface area (Å²) in [6.07, 6.45) is -3.87. The lowest BCUT2D eigenvalue weighted by molar-refractivity contribution is -0.137. The number of amides is 1. The number of halogens is 3. The van der Waals surface area contributed by atoms with Gasteiger partial charge in [0.2, 0.25) is 10.0 Å². The quantitative estimate of drug-likeness (QED) is 0.871. The predicted octanol–water partition coefficient (Wildman–Crippen LogP) is 2.46. The molecule has 0 aliphatic carbocycles. The van der Waals surface area contributed by atoms with Gasteiger partial charge in [0.05, 0.1) is 17.6 Å². The van der Waals surface area contributed by atoms with Gasteiger partial charge in [0.1, 0.15) is 0 Å². The van der Waals surface area contributed by atoms with E-state index in [1.54, 1.807) is 0 Å². The molecule has 1 amide bonds. The van der Waals surface area contributed by atoms with Gasteiger partial charge in [-0.1, -0.05) is 6.07 Å². The molecule has 140 valence electrons. The topological polar surface area (TPSA) is 75.7 Å². The number of hydrogen-bond acceptors (Lipinski definition) is 4. The zero-order valence-electron chi connectivity index (χ0n) is 13.5. The number of carbonyl (C=O) groups is 1. The highest BCUT2D eigenvalue weighted by Gasteiger charge is 2.32. The largest absolute Gasteiger partial charge is 0.453 e. The van der Waals surface area contributed by atoms with Gasteiger partial charge in [0.25, 0.3) is 0 Å². The van der Waals surface area contributed by atoms with Gasteiger partial charge < -0.3 is 9.64 Å². The van der Waals surface area contributed by atoms with E-state index in [0.717, 1.165) is 18.2 Å². The minimum atomic E-state index is -4.60. The van der Waals surface area contributed by atoms with Crippen molar-refractivity contribution >= 4 is 16.1 Å². The summed E-state index contributed by atoms with van der Waals surface area (Å²) >= 11 is 0. The number of carbonyl (C=O) groups excluding carboxylic acids is 1. The fourth-order valence-corrected chi connectivity index (χ4v) is 3.76. The number of piperidine rings is 1. The number of likely N-dealkylation sites (tertiary alicyclic amines) is 1. The Morgan fingerprint density at radius 2 is 1.96 bits per heavy atom. The van der Waals surface area contributed by atoms with Crippen LogP contribution in [0.3, 0.4) is 0 Å². The zero-order valence-corrected chi connectivity index (χ0v) is 14.4. The van der Waals surface area contributed by atoms with E-state index in [-0.39, 0.29) is 12.5 Å². The second kappa shape index (κ2) is 7.61. The molecule has 1 saturated heterocycles. The van der Waals surface area contributed by atoms with E-state index in [1.807, 2.05) is 0 Å². The highest BCUT2D eigenvalue weighted by atomic mass is 32.2. The van der Waals surface area contributed by atoms with Crippen LogP contribution in [0, 0.1) is 5.92 Å². The van der Waals surface area contributed by atoms with Gasteiger partial charge in [-0.25, -0.2) is 17.9 Å². The van der Waals surface area contributed by atoms with Crippen LogP contribution < -0.4 is 4.72 Å². The molecule has 0 saturated carbocycles. The molecule has 1 aliphatic heterocycles. The fourth-order valence-electron chi connectivity index (χ4n) is 2.60. The van der Waals surface area contributed by atoms with E-state index in [0.29, 0.717) is 32.0 Å². The average Bonchev–Trinajstić information content (AvgIpc) is 2.59. The van der Waals surface area contributed by atoms with E-state index in [4.69, 9.17) is 0 Å². The van der Waals surface area contributed by atoms with Crippen LogP contribution >= 0.6 is 0 Å². The number of nitrogens with zero attached hydrogens (tertiary/aromatic N) is 1. The molecule has 0 spiro atoms. The maximum atomic E-state index is 12.7. The molecule has 25 heavy (non-hydrogen) atoms. The number of alkyl halides is 3. The maximum Gasteiger partial charge on any atom is 0.416 e. The lowest BCUT2D eigenvalue weighted by atomic mass is 9.97. The van der Waals surface area contributed by atoms with Gasteiger partial charge in [-0.05, 0) is 37.0 Å². The third-order valence-electron chi connectivity index (χ3n) is 4.08. The molecule has 0 aromatic heterocycles. The number of benzene rings is 1. The van der Waals surface area contributed by atoms with Crippen LogP contribution in [-0.4, -0.2) is 46.2 Å². The molecule has 2 rings (SSSR count). The second-order valence-corrected chi connectivity index (χ2v) is 7.54. The molecule has 0 unspecified atom stereocenters. The molecule has 1 aliphatic rings. The summed E-state index contributed by atoms with van der Waals surface area (Å²) in [5.74, 6) is 0.00137.